The molecule has 1 fully saturated rings. The first-order valence-electron chi connectivity index (χ1n) is 7.68. The second kappa shape index (κ2) is 7.32. The summed E-state index contributed by atoms with van der Waals surface area (Å²) < 4.78 is 0. The van der Waals surface area contributed by atoms with Crippen LogP contribution in [0.25, 0.3) is 0 Å². The third-order valence-corrected chi connectivity index (χ3v) is 5.36. The van der Waals surface area contributed by atoms with Crippen molar-refractivity contribution in [3.8, 4) is 0 Å². The summed E-state index contributed by atoms with van der Waals surface area (Å²) in [7, 11) is 0. The Labute approximate surface area is 127 Å². The van der Waals surface area contributed by atoms with Crippen molar-refractivity contribution in [2.45, 2.75) is 52.0 Å². The van der Waals surface area contributed by atoms with Gasteiger partial charge in [0.15, 0.2) is 0 Å². The Morgan fingerprint density at radius 3 is 2.95 bits per heavy atom. The van der Waals surface area contributed by atoms with E-state index in [1.165, 1.54) is 29.1 Å². The van der Waals surface area contributed by atoms with Crippen molar-refractivity contribution >= 4 is 17.6 Å². The van der Waals surface area contributed by atoms with Crippen LogP contribution >= 0.6 is 11.8 Å². The number of aromatic nitrogens is 1. The van der Waals surface area contributed by atoms with Gasteiger partial charge in [-0.15, -0.1) is 0 Å². The number of thioether (sulfide) groups is 1. The molecule has 2 rings (SSSR count). The molecule has 2 unspecified atom stereocenters. The Morgan fingerprint density at radius 1 is 1.45 bits per heavy atom. The van der Waals surface area contributed by atoms with Gasteiger partial charge in [-0.1, -0.05) is 13.8 Å². The molecule has 0 amide bonds. The van der Waals surface area contributed by atoms with Gasteiger partial charge >= 0.3 is 0 Å². The van der Waals surface area contributed by atoms with Crippen molar-refractivity contribution in [2.24, 2.45) is 0 Å². The topological polar surface area (TPSA) is 28.2 Å². The molecule has 0 aliphatic carbocycles. The molecule has 0 bridgehead atoms. The molecule has 1 N–H and O–H groups in total. The van der Waals surface area contributed by atoms with Gasteiger partial charge in [0.25, 0.3) is 0 Å². The molecule has 3 nitrogen and oxygen atoms in total. The van der Waals surface area contributed by atoms with E-state index >= 15 is 0 Å². The minimum atomic E-state index is 0.559. The van der Waals surface area contributed by atoms with Crippen LogP contribution in [0.1, 0.15) is 38.3 Å². The summed E-state index contributed by atoms with van der Waals surface area (Å²) in [6.07, 6.45) is 3.20. The Balaban J connectivity index is 2.08. The summed E-state index contributed by atoms with van der Waals surface area (Å²) in [5, 5.41) is 4.11. The fraction of sp³-hybridized carbons (Fsp3) is 0.688. The Bertz CT molecular complexity index is 436. The lowest BCUT2D eigenvalue weighted by atomic mass is 10.1. The predicted molar refractivity (Wildman–Crippen MR) is 89.7 cm³/mol. The first-order chi connectivity index (χ1) is 9.63. The van der Waals surface area contributed by atoms with Crippen LogP contribution in [0.15, 0.2) is 12.3 Å². The van der Waals surface area contributed by atoms with Crippen molar-refractivity contribution < 1.29 is 0 Å². The minimum absolute atomic E-state index is 0.559. The van der Waals surface area contributed by atoms with E-state index in [4.69, 9.17) is 4.98 Å². The van der Waals surface area contributed by atoms with Crippen molar-refractivity contribution in [1.29, 1.82) is 0 Å². The number of nitrogens with one attached hydrogen (secondary N) is 1. The van der Waals surface area contributed by atoms with Crippen molar-refractivity contribution in [1.82, 2.24) is 10.3 Å². The maximum Gasteiger partial charge on any atom is 0.131 e. The Kier molecular flexibility index (Phi) is 5.73. The molecule has 0 aromatic carbocycles. The number of rotatable bonds is 5. The van der Waals surface area contributed by atoms with Crippen LogP contribution in [-0.4, -0.2) is 35.1 Å². The largest absolute Gasteiger partial charge is 0.352 e. The highest BCUT2D eigenvalue weighted by Crippen LogP contribution is 2.29. The van der Waals surface area contributed by atoms with Crippen LogP contribution in [0.4, 0.5) is 5.82 Å². The summed E-state index contributed by atoms with van der Waals surface area (Å²) in [6, 6.07) is 2.84. The quantitative estimate of drug-likeness (QED) is 0.844. The van der Waals surface area contributed by atoms with Crippen molar-refractivity contribution in [3.63, 3.8) is 0 Å². The number of aryl methyl sites for hydroxylation is 1. The molecule has 2 atom stereocenters. The van der Waals surface area contributed by atoms with E-state index in [1.807, 2.05) is 6.20 Å². The van der Waals surface area contributed by atoms with Crippen LogP contribution in [0.2, 0.25) is 0 Å². The molecule has 1 aromatic rings. The van der Waals surface area contributed by atoms with E-state index in [0.29, 0.717) is 11.3 Å². The van der Waals surface area contributed by atoms with E-state index in [-0.39, 0.29) is 0 Å². The lowest BCUT2D eigenvalue weighted by Gasteiger charge is -2.39. The highest BCUT2D eigenvalue weighted by Gasteiger charge is 2.26. The predicted octanol–water partition coefficient (Wildman–Crippen LogP) is 3.22. The average Bonchev–Trinajstić information content (AvgIpc) is 2.43. The van der Waals surface area contributed by atoms with E-state index in [2.05, 4.69) is 55.7 Å². The molecule has 0 saturated carbocycles. The summed E-state index contributed by atoms with van der Waals surface area (Å²) in [5.74, 6) is 2.37. The molecular weight excluding hydrogens is 266 g/mol. The van der Waals surface area contributed by atoms with Gasteiger partial charge in [0.05, 0.1) is 0 Å². The second-order valence-electron chi connectivity index (χ2n) is 5.67. The van der Waals surface area contributed by atoms with Gasteiger partial charge in [-0.25, -0.2) is 4.98 Å². The van der Waals surface area contributed by atoms with Gasteiger partial charge < -0.3 is 10.2 Å². The highest BCUT2D eigenvalue weighted by atomic mass is 32.2. The molecule has 20 heavy (non-hydrogen) atoms. The van der Waals surface area contributed by atoms with Crippen LogP contribution < -0.4 is 10.2 Å². The minimum Gasteiger partial charge on any atom is -0.352 e. The van der Waals surface area contributed by atoms with Crippen LogP contribution in [0.5, 0.6) is 0 Å². The van der Waals surface area contributed by atoms with Gasteiger partial charge in [0, 0.05) is 36.3 Å². The average molecular weight is 293 g/mol. The molecule has 1 aliphatic heterocycles. The molecule has 2 heterocycles. The number of hydrogen-bond donors (Lipinski definition) is 1. The molecule has 112 valence electrons. The Hall–Kier alpha value is -0.740. The first-order valence-corrected chi connectivity index (χ1v) is 8.72. The van der Waals surface area contributed by atoms with E-state index in [0.717, 1.165) is 19.6 Å². The van der Waals surface area contributed by atoms with Gasteiger partial charge in [0.2, 0.25) is 0 Å². The lowest BCUT2D eigenvalue weighted by Crippen LogP contribution is -2.45. The molecule has 0 spiro atoms. The van der Waals surface area contributed by atoms with Crippen LogP contribution in [-0.2, 0) is 6.54 Å². The van der Waals surface area contributed by atoms with Gasteiger partial charge in [0.1, 0.15) is 5.82 Å². The van der Waals surface area contributed by atoms with E-state index in [9.17, 15) is 0 Å². The SMILES string of the molecule is CCCNCc1cnc(N2CCSC(C)C2C)c(C)c1. The number of anilines is 1. The zero-order valence-electron chi connectivity index (χ0n) is 13.1. The van der Waals surface area contributed by atoms with Gasteiger partial charge in [-0.3, -0.25) is 0 Å². The first kappa shape index (κ1) is 15.6. The fourth-order valence-corrected chi connectivity index (χ4v) is 3.76. The highest BCUT2D eigenvalue weighted by molar-refractivity contribution is 8.00. The molecule has 4 heteroatoms. The zero-order chi connectivity index (χ0) is 14.5. The maximum absolute atomic E-state index is 4.74. The Morgan fingerprint density at radius 2 is 2.25 bits per heavy atom. The molecule has 1 aliphatic rings. The number of nitrogens with zero attached hydrogens (tertiary/aromatic N) is 2. The summed E-state index contributed by atoms with van der Waals surface area (Å²) in [5.41, 5.74) is 2.58. The summed E-state index contributed by atoms with van der Waals surface area (Å²) in [6.45, 7) is 12.1. The molecule has 1 aromatic heterocycles. The zero-order valence-corrected chi connectivity index (χ0v) is 14.0. The summed E-state index contributed by atoms with van der Waals surface area (Å²) in [4.78, 5) is 7.21. The third-order valence-electron chi connectivity index (χ3n) is 4.02. The van der Waals surface area contributed by atoms with Crippen molar-refractivity contribution in [2.75, 3.05) is 23.7 Å². The van der Waals surface area contributed by atoms with Crippen LogP contribution in [0, 0.1) is 6.92 Å². The number of hydrogen-bond acceptors (Lipinski definition) is 4. The molecular formula is C16H27N3S. The van der Waals surface area contributed by atoms with Gasteiger partial charge in [-0.05, 0) is 44.0 Å². The van der Waals surface area contributed by atoms with Gasteiger partial charge in [-0.2, -0.15) is 11.8 Å². The molecule has 0 radical (unpaired) electrons. The second-order valence-corrected chi connectivity index (χ2v) is 7.16. The molecule has 1 saturated heterocycles. The maximum atomic E-state index is 4.74. The monoisotopic (exact) mass is 293 g/mol. The van der Waals surface area contributed by atoms with E-state index < -0.39 is 0 Å². The van der Waals surface area contributed by atoms with E-state index in [1.54, 1.807) is 0 Å². The standard InChI is InChI=1S/C16H27N3S/c1-5-6-17-10-15-9-12(2)16(18-11-15)19-7-8-20-14(4)13(19)3/h9,11,13-14,17H,5-8,10H2,1-4H3. The van der Waals surface area contributed by atoms with Crippen LogP contribution in [0.3, 0.4) is 0 Å². The van der Waals surface area contributed by atoms with Crippen molar-refractivity contribution in [3.05, 3.63) is 23.4 Å². The summed E-state index contributed by atoms with van der Waals surface area (Å²) >= 11 is 2.07. The normalized spacial score (nSPS) is 23.1. The lowest BCUT2D eigenvalue weighted by molar-refractivity contribution is 0.617. The number of pyridine rings is 1. The smallest absolute Gasteiger partial charge is 0.131 e. The third kappa shape index (κ3) is 3.67. The fourth-order valence-electron chi connectivity index (χ4n) is 2.66.